The number of aromatic amines is 1. The summed E-state index contributed by atoms with van der Waals surface area (Å²) in [6, 6.07) is 13.8. The second-order valence-corrected chi connectivity index (χ2v) is 16.8. The van der Waals surface area contributed by atoms with Crippen LogP contribution < -0.4 is 10.2 Å². The quantitative estimate of drug-likeness (QED) is 0.142. The average molecular weight is 724 g/mol. The third kappa shape index (κ3) is 7.16. The van der Waals surface area contributed by atoms with Crippen molar-refractivity contribution in [3.63, 3.8) is 0 Å². The maximum atomic E-state index is 14.1. The molecule has 1 aromatic carbocycles. The number of ether oxygens (including phenoxy) is 1. The number of nitrogens with zero attached hydrogens (tertiary/aromatic N) is 5. The van der Waals surface area contributed by atoms with Gasteiger partial charge >= 0.3 is 6.09 Å². The molecule has 3 saturated heterocycles. The summed E-state index contributed by atoms with van der Waals surface area (Å²) in [5.74, 6) is 0.782. The molecule has 4 aromatic rings. The van der Waals surface area contributed by atoms with Crippen LogP contribution in [0.15, 0.2) is 53.8 Å². The molecule has 3 aromatic heterocycles. The summed E-state index contributed by atoms with van der Waals surface area (Å²) in [5, 5.41) is 4.13. The maximum absolute atomic E-state index is 14.1. The second-order valence-electron chi connectivity index (χ2n) is 15.8. The molecule has 1 atom stereocenters. The van der Waals surface area contributed by atoms with Crippen LogP contribution in [0.4, 0.5) is 10.5 Å². The van der Waals surface area contributed by atoms with Gasteiger partial charge in [0.1, 0.15) is 4.83 Å². The minimum Gasteiger partial charge on any atom is -0.447 e. The normalized spacial score (nSPS) is 19.9. The molecule has 3 fully saturated rings. The standard InChI is InChI=1S/C41H53N7O3S/c1-25(2)51-40(50)45-39(47-18-16-46(17-19-47)30-12-14-42-15-13-30)43-24-28(5)35-33-23-34(41(6,7)38(49)48-31-8-9-32(48)11-10-31)52-37(33)44-36(35)29-21-26(3)20-27(4)22-29/h12-15,20-23,25,28,31-32,44H,8-11,16-19,24H2,1-7H3,(H,43,45,50)/t28-,31?,32?/m1/s1. The molecule has 3 aliphatic heterocycles. The number of fused-ring (bicyclic) bond motifs is 3. The van der Waals surface area contributed by atoms with E-state index in [9.17, 15) is 9.59 Å². The van der Waals surface area contributed by atoms with Crippen LogP contribution in [-0.4, -0.2) is 88.6 Å². The molecule has 2 bridgehead atoms. The molecule has 10 nitrogen and oxygen atoms in total. The predicted molar refractivity (Wildman–Crippen MR) is 210 cm³/mol. The molecule has 0 unspecified atom stereocenters. The van der Waals surface area contributed by atoms with E-state index in [2.05, 4.69) is 88.9 Å². The molecule has 52 heavy (non-hydrogen) atoms. The van der Waals surface area contributed by atoms with Crippen molar-refractivity contribution in [2.75, 3.05) is 37.6 Å². The van der Waals surface area contributed by atoms with Crippen molar-refractivity contribution >= 4 is 45.2 Å². The van der Waals surface area contributed by atoms with E-state index >= 15 is 0 Å². The van der Waals surface area contributed by atoms with E-state index in [1.54, 1.807) is 11.3 Å². The van der Waals surface area contributed by atoms with E-state index in [1.807, 2.05) is 38.4 Å². The van der Waals surface area contributed by atoms with Crippen molar-refractivity contribution < 1.29 is 14.3 Å². The molecule has 0 radical (unpaired) electrons. The lowest BCUT2D eigenvalue weighted by Crippen LogP contribution is -2.54. The second kappa shape index (κ2) is 14.6. The Labute approximate surface area is 311 Å². The number of carbonyl (C=O) groups excluding carboxylic acids is 2. The molecule has 0 saturated carbocycles. The number of carbonyl (C=O) groups is 2. The third-order valence-electron chi connectivity index (χ3n) is 11.1. The number of aromatic nitrogens is 2. The summed E-state index contributed by atoms with van der Waals surface area (Å²) in [6.45, 7) is 17.8. The number of amides is 2. The lowest BCUT2D eigenvalue weighted by atomic mass is 9.88. The first-order valence-electron chi connectivity index (χ1n) is 18.9. The highest BCUT2D eigenvalue weighted by Crippen LogP contribution is 2.46. The molecule has 2 N–H and O–H groups in total. The number of alkyl carbamates (subject to hydrolysis) is 1. The Balaban J connectivity index is 1.21. The zero-order chi connectivity index (χ0) is 36.7. The number of aryl methyl sites for hydroxylation is 2. The van der Waals surface area contributed by atoms with Gasteiger partial charge in [0.05, 0.1) is 17.2 Å². The Kier molecular flexibility index (Phi) is 10.1. The van der Waals surface area contributed by atoms with Crippen LogP contribution in [0.5, 0.6) is 0 Å². The number of aliphatic imine (C=N–C) groups is 1. The van der Waals surface area contributed by atoms with Gasteiger partial charge in [-0.3, -0.25) is 20.1 Å². The van der Waals surface area contributed by atoms with Crippen LogP contribution in [0.25, 0.3) is 21.5 Å². The van der Waals surface area contributed by atoms with E-state index in [4.69, 9.17) is 9.73 Å². The maximum Gasteiger partial charge on any atom is 0.414 e. The molecule has 0 spiro atoms. The Hall–Kier alpha value is -4.38. The first kappa shape index (κ1) is 36.0. The number of nitrogens with one attached hydrogen (secondary N) is 2. The topological polar surface area (TPSA) is 106 Å². The summed E-state index contributed by atoms with van der Waals surface area (Å²) in [6.07, 6.45) is 7.40. The van der Waals surface area contributed by atoms with Crippen LogP contribution in [-0.2, 0) is 14.9 Å². The van der Waals surface area contributed by atoms with Crippen molar-refractivity contribution in [2.24, 2.45) is 4.99 Å². The minimum absolute atomic E-state index is 0.00344. The molecule has 11 heteroatoms. The van der Waals surface area contributed by atoms with Gasteiger partial charge in [0.15, 0.2) is 0 Å². The molecular weight excluding hydrogens is 671 g/mol. The number of hydrogen-bond donors (Lipinski definition) is 2. The number of guanidine groups is 1. The lowest BCUT2D eigenvalue weighted by Gasteiger charge is -2.37. The monoisotopic (exact) mass is 723 g/mol. The van der Waals surface area contributed by atoms with Crippen molar-refractivity contribution in [2.45, 2.75) is 104 Å². The summed E-state index contributed by atoms with van der Waals surface area (Å²) in [5.41, 5.74) is 6.34. The van der Waals surface area contributed by atoms with E-state index in [0.29, 0.717) is 37.7 Å². The van der Waals surface area contributed by atoms with Gasteiger partial charge in [-0.25, -0.2) is 4.79 Å². The molecule has 2 amide bonds. The smallest absolute Gasteiger partial charge is 0.414 e. The lowest BCUT2D eigenvalue weighted by molar-refractivity contribution is -0.137. The van der Waals surface area contributed by atoms with Crippen LogP contribution in [0.1, 0.15) is 87.8 Å². The van der Waals surface area contributed by atoms with Crippen molar-refractivity contribution in [3.05, 3.63) is 70.4 Å². The first-order valence-corrected chi connectivity index (χ1v) is 19.7. The van der Waals surface area contributed by atoms with Crippen molar-refractivity contribution in [1.29, 1.82) is 0 Å². The summed E-state index contributed by atoms with van der Waals surface area (Å²) < 4.78 is 5.50. The zero-order valence-electron chi connectivity index (χ0n) is 31.7. The van der Waals surface area contributed by atoms with E-state index < -0.39 is 11.5 Å². The Morgan fingerprint density at radius 2 is 1.62 bits per heavy atom. The molecule has 7 rings (SSSR count). The number of thiophene rings is 1. The molecule has 3 aliphatic rings. The number of anilines is 1. The Morgan fingerprint density at radius 3 is 2.23 bits per heavy atom. The Bertz CT molecular complexity index is 1920. The van der Waals surface area contributed by atoms with Crippen molar-refractivity contribution in [1.82, 2.24) is 25.1 Å². The molecule has 276 valence electrons. The number of pyridine rings is 1. The van der Waals surface area contributed by atoms with Gasteiger partial charge < -0.3 is 24.4 Å². The fourth-order valence-corrected chi connectivity index (χ4v) is 9.61. The SMILES string of the molecule is Cc1cc(C)cc(-c2[nH]c3sc(C(C)(C)C(=O)N4C5CCC4CC5)cc3c2[C@H](C)CN=C(NC(=O)OC(C)C)N2CCN(c3ccncc3)CC2)c1. The number of H-pyrrole nitrogens is 1. The van der Waals surface area contributed by atoms with E-state index in [0.717, 1.165) is 70.8 Å². The highest BCUT2D eigenvalue weighted by Gasteiger charge is 2.47. The van der Waals surface area contributed by atoms with Gasteiger partial charge in [-0.05, 0) is 109 Å². The first-order chi connectivity index (χ1) is 24.9. The summed E-state index contributed by atoms with van der Waals surface area (Å²) >= 11 is 1.70. The number of piperazine rings is 1. The van der Waals surface area contributed by atoms with E-state index in [-0.39, 0.29) is 17.9 Å². The number of hydrogen-bond acceptors (Lipinski definition) is 7. The minimum atomic E-state index is -0.624. The Morgan fingerprint density at radius 1 is 0.981 bits per heavy atom. The van der Waals surface area contributed by atoms with E-state index in [1.165, 1.54) is 16.7 Å². The molecule has 6 heterocycles. The fraction of sp³-hybridized carbons (Fsp3) is 0.512. The average Bonchev–Trinajstić information content (AvgIpc) is 3.90. The van der Waals surface area contributed by atoms with Gasteiger partial charge in [-0.15, -0.1) is 11.3 Å². The summed E-state index contributed by atoms with van der Waals surface area (Å²) in [4.78, 5) is 49.0. The van der Waals surface area contributed by atoms with Gasteiger partial charge in [0, 0.05) is 79.1 Å². The van der Waals surface area contributed by atoms with Gasteiger partial charge in [0.25, 0.3) is 0 Å². The van der Waals surface area contributed by atoms with Gasteiger partial charge in [0.2, 0.25) is 11.9 Å². The highest BCUT2D eigenvalue weighted by atomic mass is 32.1. The third-order valence-corrected chi connectivity index (χ3v) is 12.4. The molecule has 0 aliphatic carbocycles. The number of benzene rings is 1. The van der Waals surface area contributed by atoms with Crippen molar-refractivity contribution in [3.8, 4) is 11.3 Å². The largest absolute Gasteiger partial charge is 0.447 e. The van der Waals surface area contributed by atoms with Gasteiger partial charge in [-0.2, -0.15) is 0 Å². The summed E-state index contributed by atoms with van der Waals surface area (Å²) in [7, 11) is 0. The van der Waals surface area contributed by atoms with Crippen LogP contribution in [0.3, 0.4) is 0 Å². The van der Waals surface area contributed by atoms with Crippen LogP contribution in [0.2, 0.25) is 0 Å². The highest BCUT2D eigenvalue weighted by molar-refractivity contribution is 7.19. The molecular formula is C41H53N7O3S. The van der Waals surface area contributed by atoms with Crippen LogP contribution in [0, 0.1) is 13.8 Å². The van der Waals surface area contributed by atoms with Gasteiger partial charge in [-0.1, -0.05) is 24.1 Å². The zero-order valence-corrected chi connectivity index (χ0v) is 32.5. The number of rotatable bonds is 8. The van der Waals surface area contributed by atoms with Crippen LogP contribution >= 0.6 is 11.3 Å². The predicted octanol–water partition coefficient (Wildman–Crippen LogP) is 7.76. The fourth-order valence-electron chi connectivity index (χ4n) is 8.44.